The van der Waals surface area contributed by atoms with Crippen molar-refractivity contribution in [3.63, 3.8) is 0 Å². The molecule has 10 aromatic rings. The first-order valence-corrected chi connectivity index (χ1v) is 16.6. The lowest BCUT2D eigenvalue weighted by Gasteiger charge is -2.12. The van der Waals surface area contributed by atoms with Gasteiger partial charge in [0.15, 0.2) is 0 Å². The SMILES string of the molecule is c1cc(-c2ccc3sc4c(ccc5c6ccccc6sc54)c3c2)cc(-c2ccc3c4ccccc4c4ccccc4c3c2)c1. The third-order valence-corrected chi connectivity index (χ3v) is 11.8. The van der Waals surface area contributed by atoms with Crippen molar-refractivity contribution >= 4 is 95.3 Å². The summed E-state index contributed by atoms with van der Waals surface area (Å²) in [7, 11) is 0. The first-order chi connectivity index (χ1) is 21.8. The molecule has 0 nitrogen and oxygen atoms in total. The Hall–Kier alpha value is -5.02. The van der Waals surface area contributed by atoms with Gasteiger partial charge in [-0.3, -0.25) is 0 Å². The summed E-state index contributed by atoms with van der Waals surface area (Å²) in [4.78, 5) is 0. The molecule has 0 aliphatic carbocycles. The third-order valence-electron chi connectivity index (χ3n) is 9.26. The molecule has 0 fully saturated rings. The van der Waals surface area contributed by atoms with E-state index in [-0.39, 0.29) is 0 Å². The van der Waals surface area contributed by atoms with E-state index in [0.29, 0.717) is 0 Å². The summed E-state index contributed by atoms with van der Waals surface area (Å²) in [5.41, 5.74) is 4.99. The number of hydrogen-bond donors (Lipinski definition) is 0. The van der Waals surface area contributed by atoms with Crippen LogP contribution >= 0.6 is 22.7 Å². The van der Waals surface area contributed by atoms with Gasteiger partial charge in [0.05, 0.1) is 9.40 Å². The molecule has 0 radical (unpaired) electrons. The molecule has 44 heavy (non-hydrogen) atoms. The summed E-state index contributed by atoms with van der Waals surface area (Å²) >= 11 is 3.84. The molecule has 204 valence electrons. The Kier molecular flexibility index (Phi) is 5.13. The van der Waals surface area contributed by atoms with Gasteiger partial charge in [0.1, 0.15) is 0 Å². The molecule has 2 heterocycles. The van der Waals surface area contributed by atoms with Crippen molar-refractivity contribution in [2.45, 2.75) is 0 Å². The van der Waals surface area contributed by atoms with E-state index in [1.54, 1.807) is 0 Å². The van der Waals surface area contributed by atoms with Crippen LogP contribution in [0.1, 0.15) is 0 Å². The summed E-state index contributed by atoms with van der Waals surface area (Å²) < 4.78 is 5.52. The second-order valence-electron chi connectivity index (χ2n) is 11.7. The maximum absolute atomic E-state index is 2.40. The zero-order chi connectivity index (χ0) is 28.8. The summed E-state index contributed by atoms with van der Waals surface area (Å²) in [6.45, 7) is 0. The zero-order valence-electron chi connectivity index (χ0n) is 23.7. The molecule has 0 amide bonds. The Morgan fingerprint density at radius 2 is 0.682 bits per heavy atom. The Morgan fingerprint density at radius 3 is 1.34 bits per heavy atom. The molecule has 2 heteroatoms. The number of hydrogen-bond acceptors (Lipinski definition) is 2. The van der Waals surface area contributed by atoms with Gasteiger partial charge in [0.2, 0.25) is 0 Å². The van der Waals surface area contributed by atoms with Gasteiger partial charge in [-0.1, -0.05) is 115 Å². The maximum Gasteiger partial charge on any atom is 0.0534 e. The molecule has 8 aromatic carbocycles. The molecule has 0 saturated heterocycles. The molecular formula is C42H24S2. The number of thiophene rings is 2. The van der Waals surface area contributed by atoms with E-state index >= 15 is 0 Å². The van der Waals surface area contributed by atoms with Crippen molar-refractivity contribution in [1.29, 1.82) is 0 Å². The van der Waals surface area contributed by atoms with Gasteiger partial charge in [-0.05, 0) is 84.9 Å². The van der Waals surface area contributed by atoms with Crippen molar-refractivity contribution in [2.24, 2.45) is 0 Å². The average Bonchev–Trinajstić information content (AvgIpc) is 3.66. The van der Waals surface area contributed by atoms with Gasteiger partial charge in [-0.25, -0.2) is 0 Å². The zero-order valence-corrected chi connectivity index (χ0v) is 25.3. The van der Waals surface area contributed by atoms with E-state index in [1.807, 2.05) is 22.7 Å². The van der Waals surface area contributed by atoms with E-state index in [9.17, 15) is 0 Å². The molecule has 10 rings (SSSR count). The molecule has 0 aliphatic rings. The molecule has 2 aromatic heterocycles. The van der Waals surface area contributed by atoms with Crippen molar-refractivity contribution in [1.82, 2.24) is 0 Å². The van der Waals surface area contributed by atoms with Crippen LogP contribution in [0.25, 0.3) is 94.9 Å². The summed E-state index contributed by atoms with van der Waals surface area (Å²) in [6.07, 6.45) is 0. The smallest absolute Gasteiger partial charge is 0.0534 e. The second-order valence-corrected chi connectivity index (χ2v) is 13.8. The van der Waals surface area contributed by atoms with E-state index in [1.165, 1.54) is 94.9 Å². The van der Waals surface area contributed by atoms with Crippen LogP contribution in [0.3, 0.4) is 0 Å². The van der Waals surface area contributed by atoms with E-state index in [0.717, 1.165) is 0 Å². The highest BCUT2D eigenvalue weighted by Gasteiger charge is 2.14. The van der Waals surface area contributed by atoms with Crippen molar-refractivity contribution < 1.29 is 0 Å². The Balaban J connectivity index is 1.12. The molecule has 0 saturated carbocycles. The van der Waals surface area contributed by atoms with Gasteiger partial charge in [0.25, 0.3) is 0 Å². The van der Waals surface area contributed by atoms with Crippen LogP contribution in [-0.2, 0) is 0 Å². The molecule has 0 aliphatic heterocycles. The Labute approximate surface area is 262 Å². The lowest BCUT2D eigenvalue weighted by Crippen LogP contribution is -1.85. The van der Waals surface area contributed by atoms with Gasteiger partial charge in [0, 0.05) is 30.9 Å². The Morgan fingerprint density at radius 1 is 0.250 bits per heavy atom. The normalized spacial score (nSPS) is 12.1. The van der Waals surface area contributed by atoms with E-state index < -0.39 is 0 Å². The fraction of sp³-hybridized carbons (Fsp3) is 0. The second kappa shape index (κ2) is 9.24. The van der Waals surface area contributed by atoms with Gasteiger partial charge in [-0.2, -0.15) is 0 Å². The van der Waals surface area contributed by atoms with Crippen LogP contribution in [0.2, 0.25) is 0 Å². The van der Waals surface area contributed by atoms with Crippen molar-refractivity contribution in [3.05, 3.63) is 146 Å². The Bertz CT molecular complexity index is 2740. The molecule has 0 atom stereocenters. The van der Waals surface area contributed by atoms with E-state index in [2.05, 4.69) is 146 Å². The van der Waals surface area contributed by atoms with Gasteiger partial charge in [-0.15, -0.1) is 22.7 Å². The predicted molar refractivity (Wildman–Crippen MR) is 196 cm³/mol. The minimum absolute atomic E-state index is 1.24. The van der Waals surface area contributed by atoms with Crippen LogP contribution in [0.5, 0.6) is 0 Å². The summed E-state index contributed by atoms with van der Waals surface area (Å²) in [5.74, 6) is 0. The predicted octanol–water partition coefficient (Wildman–Crippen LogP) is 13.2. The number of fused-ring (bicyclic) bond motifs is 13. The van der Waals surface area contributed by atoms with Crippen LogP contribution in [0.15, 0.2) is 146 Å². The molecule has 0 unspecified atom stereocenters. The fourth-order valence-corrected chi connectivity index (χ4v) is 9.68. The lowest BCUT2D eigenvalue weighted by atomic mass is 9.91. The largest absolute Gasteiger partial charge is 0.134 e. The fourth-order valence-electron chi connectivity index (χ4n) is 7.16. The van der Waals surface area contributed by atoms with Crippen LogP contribution in [0.4, 0.5) is 0 Å². The summed E-state index contributed by atoms with van der Waals surface area (Å²) in [5, 5.41) is 13.3. The molecule has 0 bridgehead atoms. The molecule has 0 N–H and O–H groups in total. The first kappa shape index (κ1) is 24.4. The van der Waals surface area contributed by atoms with Crippen LogP contribution < -0.4 is 0 Å². The highest BCUT2D eigenvalue weighted by molar-refractivity contribution is 7.33. The number of rotatable bonds is 2. The minimum atomic E-state index is 1.24. The molecular weight excluding hydrogens is 569 g/mol. The lowest BCUT2D eigenvalue weighted by molar-refractivity contribution is 1.62. The van der Waals surface area contributed by atoms with Gasteiger partial charge < -0.3 is 0 Å². The standard InChI is InChI=1S/C42H24S2/c1-2-12-31-29(10-1)30-11-3-4-13-32(30)37-23-27(16-18-33(31)37)25-8-7-9-26(22-25)28-17-21-40-38(24-28)36-20-19-35-34-14-5-6-15-39(34)43-41(35)42(36)44-40/h1-24H. The maximum atomic E-state index is 2.40. The topological polar surface area (TPSA) is 0 Å². The highest BCUT2D eigenvalue weighted by atomic mass is 32.1. The van der Waals surface area contributed by atoms with Crippen LogP contribution in [-0.4, -0.2) is 0 Å². The van der Waals surface area contributed by atoms with Crippen molar-refractivity contribution in [3.8, 4) is 22.3 Å². The highest BCUT2D eigenvalue weighted by Crippen LogP contribution is 2.45. The molecule has 0 spiro atoms. The monoisotopic (exact) mass is 592 g/mol. The van der Waals surface area contributed by atoms with E-state index in [4.69, 9.17) is 0 Å². The minimum Gasteiger partial charge on any atom is -0.134 e. The quantitative estimate of drug-likeness (QED) is 0.175. The number of benzene rings is 8. The average molecular weight is 593 g/mol. The van der Waals surface area contributed by atoms with Crippen LogP contribution in [0, 0.1) is 0 Å². The first-order valence-electron chi connectivity index (χ1n) is 15.0. The van der Waals surface area contributed by atoms with Crippen molar-refractivity contribution in [2.75, 3.05) is 0 Å². The summed E-state index contributed by atoms with van der Waals surface area (Å²) in [6, 6.07) is 54.0. The van der Waals surface area contributed by atoms with Gasteiger partial charge >= 0.3 is 0 Å². The third kappa shape index (κ3) is 3.50.